The molecule has 0 aliphatic heterocycles. The lowest BCUT2D eigenvalue weighted by Crippen LogP contribution is -1.76. The zero-order chi connectivity index (χ0) is 6.10. The van der Waals surface area contributed by atoms with E-state index in [1.807, 2.05) is 0 Å². The fraction of sp³-hybridized carbons (Fsp3) is 0.111. The van der Waals surface area contributed by atoms with Crippen LogP contribution in [0.25, 0.3) is 6.08 Å². The molecule has 2 rings (SSSR count). The van der Waals surface area contributed by atoms with Gasteiger partial charge in [-0.1, -0.05) is 36.4 Å². The first-order valence-electron chi connectivity index (χ1n) is 3.21. The maximum Gasteiger partial charge on any atom is 0 e. The van der Waals surface area contributed by atoms with Gasteiger partial charge in [-0.05, 0) is 17.5 Å². The minimum absolute atomic E-state index is 0. The molecule has 0 nitrogen and oxygen atoms in total. The smallest absolute Gasteiger partial charge is 0 e. The Morgan fingerprint density at radius 3 is 3.00 bits per heavy atom. The number of benzene rings is 1. The van der Waals surface area contributed by atoms with Gasteiger partial charge < -0.3 is 0 Å². The van der Waals surface area contributed by atoms with Crippen LogP contribution in [0.2, 0.25) is 0 Å². The molecule has 1 aromatic rings. The van der Waals surface area contributed by atoms with E-state index in [1.54, 1.807) is 0 Å². The highest BCUT2D eigenvalue weighted by Gasteiger charge is 2.00. The highest BCUT2D eigenvalue weighted by Crippen LogP contribution is 2.17. The Morgan fingerprint density at radius 2 is 2.11 bits per heavy atom. The summed E-state index contributed by atoms with van der Waals surface area (Å²) in [6, 6.07) is 8.49. The van der Waals surface area contributed by atoms with Gasteiger partial charge in [0.2, 0.25) is 0 Å². The van der Waals surface area contributed by atoms with Gasteiger partial charge in [-0.2, -0.15) is 0 Å². The lowest BCUT2D eigenvalue weighted by atomic mass is 10.1. The molecule has 1 aliphatic rings. The molecule has 0 heteroatoms. The van der Waals surface area contributed by atoms with Gasteiger partial charge in [-0.3, -0.25) is 0 Å². The highest BCUT2D eigenvalue weighted by atomic mass is 14.0. The molecule has 0 saturated carbocycles. The van der Waals surface area contributed by atoms with Crippen molar-refractivity contribution in [1.29, 1.82) is 0 Å². The number of fused-ring (bicyclic) bond motifs is 1. The molecule has 0 radical (unpaired) electrons. The largest absolute Gasteiger partial charge is 0.0795 e. The zero-order valence-electron chi connectivity index (χ0n) is 5.17. The Kier molecular flexibility index (Phi) is 0.922. The van der Waals surface area contributed by atoms with Crippen LogP contribution in [0.4, 0.5) is 0 Å². The first-order chi connectivity index (χ1) is 4.47. The van der Waals surface area contributed by atoms with E-state index < -0.39 is 0 Å². The van der Waals surface area contributed by atoms with E-state index in [-0.39, 0.29) is 1.43 Å². The zero-order valence-corrected chi connectivity index (χ0v) is 5.17. The normalized spacial score (nSPS) is 13.8. The van der Waals surface area contributed by atoms with Gasteiger partial charge >= 0.3 is 0 Å². The SMILES string of the molecule is C1=Cc2ccccc2C1.[HH]. The van der Waals surface area contributed by atoms with Gasteiger partial charge in [0.25, 0.3) is 0 Å². The van der Waals surface area contributed by atoms with Crippen molar-refractivity contribution in [2.24, 2.45) is 0 Å². The standard InChI is InChI=1S/C9H8.H2/c1-2-5-9-7-3-6-8(9)4-1;/h1-6H,7H2;1H. The van der Waals surface area contributed by atoms with Gasteiger partial charge in [0.1, 0.15) is 0 Å². The topological polar surface area (TPSA) is 0 Å². The second kappa shape index (κ2) is 1.73. The van der Waals surface area contributed by atoms with Crippen molar-refractivity contribution >= 4 is 6.08 Å². The Hall–Kier alpha value is -1.04. The van der Waals surface area contributed by atoms with E-state index in [1.165, 1.54) is 11.1 Å². The van der Waals surface area contributed by atoms with Crippen molar-refractivity contribution < 1.29 is 1.43 Å². The van der Waals surface area contributed by atoms with E-state index in [0.717, 1.165) is 6.42 Å². The Balaban J connectivity index is 0.000000500. The van der Waals surface area contributed by atoms with Crippen molar-refractivity contribution in [2.75, 3.05) is 0 Å². The Morgan fingerprint density at radius 1 is 1.22 bits per heavy atom. The maximum atomic E-state index is 2.20. The molecular formula is C9H10. The van der Waals surface area contributed by atoms with E-state index >= 15 is 0 Å². The van der Waals surface area contributed by atoms with Gasteiger partial charge in [-0.25, -0.2) is 0 Å². The van der Waals surface area contributed by atoms with E-state index in [9.17, 15) is 0 Å². The van der Waals surface area contributed by atoms with Crippen LogP contribution in [0.15, 0.2) is 30.3 Å². The first kappa shape index (κ1) is 4.80. The van der Waals surface area contributed by atoms with Crippen molar-refractivity contribution in [3.8, 4) is 0 Å². The summed E-state index contributed by atoms with van der Waals surface area (Å²) in [6.45, 7) is 0. The second-order valence-corrected chi connectivity index (χ2v) is 2.31. The van der Waals surface area contributed by atoms with Crippen LogP contribution in [0, 0.1) is 0 Å². The molecule has 1 aliphatic carbocycles. The van der Waals surface area contributed by atoms with Crippen molar-refractivity contribution in [3.63, 3.8) is 0 Å². The molecule has 0 N–H and O–H groups in total. The summed E-state index contributed by atoms with van der Waals surface area (Å²) >= 11 is 0. The molecule has 0 bridgehead atoms. The van der Waals surface area contributed by atoms with Gasteiger partial charge in [0.15, 0.2) is 0 Å². The number of allylic oxidation sites excluding steroid dienone is 1. The van der Waals surface area contributed by atoms with Crippen molar-refractivity contribution in [1.82, 2.24) is 0 Å². The fourth-order valence-electron chi connectivity index (χ4n) is 1.20. The summed E-state index contributed by atoms with van der Waals surface area (Å²) in [5.74, 6) is 0. The lowest BCUT2D eigenvalue weighted by Gasteiger charge is -1.93. The molecule has 46 valence electrons. The quantitative estimate of drug-likeness (QED) is 0.491. The van der Waals surface area contributed by atoms with Crippen LogP contribution >= 0.6 is 0 Å². The number of hydrogen-bond acceptors (Lipinski definition) is 0. The Labute approximate surface area is 56.3 Å². The minimum Gasteiger partial charge on any atom is -0.0795 e. The van der Waals surface area contributed by atoms with Crippen LogP contribution in [-0.4, -0.2) is 0 Å². The third kappa shape index (κ3) is 0.672. The van der Waals surface area contributed by atoms with Crippen LogP contribution in [0.1, 0.15) is 12.6 Å². The third-order valence-corrected chi connectivity index (χ3v) is 1.69. The molecule has 9 heavy (non-hydrogen) atoms. The minimum atomic E-state index is 0. The van der Waals surface area contributed by atoms with E-state index in [0.29, 0.717) is 0 Å². The summed E-state index contributed by atoms with van der Waals surface area (Å²) in [4.78, 5) is 0. The Bertz CT molecular complexity index is 251. The monoisotopic (exact) mass is 118 g/mol. The molecule has 1 aromatic carbocycles. The average Bonchev–Trinajstić information content (AvgIpc) is 2.33. The van der Waals surface area contributed by atoms with Gasteiger partial charge in [0, 0.05) is 1.43 Å². The molecule has 0 heterocycles. The van der Waals surface area contributed by atoms with Gasteiger partial charge in [0.05, 0.1) is 0 Å². The summed E-state index contributed by atoms with van der Waals surface area (Å²) in [5.41, 5.74) is 2.84. The first-order valence-corrected chi connectivity index (χ1v) is 3.21. The van der Waals surface area contributed by atoms with E-state index in [4.69, 9.17) is 0 Å². The molecule has 0 saturated heterocycles. The molecule has 0 aromatic heterocycles. The van der Waals surface area contributed by atoms with Crippen LogP contribution < -0.4 is 0 Å². The summed E-state index contributed by atoms with van der Waals surface area (Å²) in [5, 5.41) is 0. The molecular weight excluding hydrogens is 108 g/mol. The van der Waals surface area contributed by atoms with Crippen molar-refractivity contribution in [2.45, 2.75) is 6.42 Å². The number of hydrogen-bond donors (Lipinski definition) is 0. The summed E-state index contributed by atoms with van der Waals surface area (Å²) < 4.78 is 0. The predicted molar refractivity (Wildman–Crippen MR) is 41.3 cm³/mol. The van der Waals surface area contributed by atoms with Crippen LogP contribution in [-0.2, 0) is 6.42 Å². The average molecular weight is 118 g/mol. The fourth-order valence-corrected chi connectivity index (χ4v) is 1.20. The highest BCUT2D eigenvalue weighted by molar-refractivity contribution is 5.59. The summed E-state index contributed by atoms with van der Waals surface area (Å²) in [6.07, 6.45) is 5.50. The molecule has 0 unspecified atom stereocenters. The van der Waals surface area contributed by atoms with Crippen LogP contribution in [0.3, 0.4) is 0 Å². The maximum absolute atomic E-state index is 2.20. The van der Waals surface area contributed by atoms with Crippen LogP contribution in [0.5, 0.6) is 0 Å². The number of rotatable bonds is 0. The van der Waals surface area contributed by atoms with Crippen molar-refractivity contribution in [3.05, 3.63) is 41.5 Å². The van der Waals surface area contributed by atoms with E-state index in [2.05, 4.69) is 36.4 Å². The van der Waals surface area contributed by atoms with Gasteiger partial charge in [-0.15, -0.1) is 0 Å². The second-order valence-electron chi connectivity index (χ2n) is 2.31. The molecule has 0 fully saturated rings. The summed E-state index contributed by atoms with van der Waals surface area (Å²) in [7, 11) is 0. The third-order valence-electron chi connectivity index (χ3n) is 1.69. The molecule has 0 spiro atoms. The molecule has 0 atom stereocenters. The predicted octanol–water partition coefficient (Wildman–Crippen LogP) is 2.50. The lowest BCUT2D eigenvalue weighted by molar-refractivity contribution is 1.31. The molecule has 0 amide bonds.